The van der Waals surface area contributed by atoms with Gasteiger partial charge in [0.05, 0.1) is 20.8 Å². The highest BCUT2D eigenvalue weighted by atomic mass is 16.5. The number of ether oxygens (including phenoxy) is 3. The normalized spacial score (nSPS) is 11.2. The van der Waals surface area contributed by atoms with Gasteiger partial charge in [-0.25, -0.2) is 0 Å². The summed E-state index contributed by atoms with van der Waals surface area (Å²) >= 11 is 0. The summed E-state index contributed by atoms with van der Waals surface area (Å²) in [4.78, 5) is 15.0. The smallest absolute Gasteiger partial charge is 0.248 e. The van der Waals surface area contributed by atoms with E-state index in [1.807, 2.05) is 71.6 Å². The lowest BCUT2D eigenvalue weighted by Crippen LogP contribution is -2.37. The van der Waals surface area contributed by atoms with E-state index in [9.17, 15) is 4.79 Å². The summed E-state index contributed by atoms with van der Waals surface area (Å²) in [7, 11) is 3.24. The van der Waals surface area contributed by atoms with E-state index >= 15 is 0 Å². The summed E-state index contributed by atoms with van der Waals surface area (Å²) in [5.41, 5.74) is 4.35. The number of amides is 1. The molecule has 0 aliphatic rings. The van der Waals surface area contributed by atoms with E-state index in [4.69, 9.17) is 14.2 Å². The average molecular weight is 460 g/mol. The second kappa shape index (κ2) is 13.2. The Kier molecular flexibility index (Phi) is 9.74. The molecule has 5 heteroatoms. The largest absolute Gasteiger partial charge is 0.493 e. The van der Waals surface area contributed by atoms with Crippen molar-refractivity contribution in [3.8, 4) is 11.5 Å². The average Bonchev–Trinajstić information content (AvgIpc) is 2.87. The van der Waals surface area contributed by atoms with Crippen LogP contribution in [0.5, 0.6) is 11.5 Å². The van der Waals surface area contributed by atoms with Crippen LogP contribution in [0.15, 0.2) is 84.4 Å². The van der Waals surface area contributed by atoms with Gasteiger partial charge in [-0.1, -0.05) is 78.4 Å². The number of carbonyl (C=O) groups is 1. The minimum absolute atomic E-state index is 0.0304. The molecule has 1 amide bonds. The molecule has 0 saturated heterocycles. The molecule has 0 N–H and O–H groups in total. The van der Waals surface area contributed by atoms with Crippen molar-refractivity contribution in [3.05, 3.63) is 101 Å². The molecule has 0 unspecified atom stereocenters. The molecule has 0 atom stereocenters. The Morgan fingerprint density at radius 2 is 1.53 bits per heavy atom. The van der Waals surface area contributed by atoms with Crippen molar-refractivity contribution in [2.24, 2.45) is 0 Å². The van der Waals surface area contributed by atoms with Gasteiger partial charge in [-0.15, -0.1) is 0 Å². The lowest BCUT2D eigenvalue weighted by atomic mass is 10.1. The van der Waals surface area contributed by atoms with Crippen molar-refractivity contribution in [3.63, 3.8) is 0 Å². The van der Waals surface area contributed by atoms with Gasteiger partial charge in [0.2, 0.25) is 5.91 Å². The maximum Gasteiger partial charge on any atom is 0.248 e. The van der Waals surface area contributed by atoms with Crippen molar-refractivity contribution >= 4 is 12.0 Å². The van der Waals surface area contributed by atoms with Crippen LogP contribution in [0.1, 0.15) is 23.6 Å². The van der Waals surface area contributed by atoms with Gasteiger partial charge >= 0.3 is 0 Å². The molecule has 0 heterocycles. The van der Waals surface area contributed by atoms with Crippen LogP contribution in [0.25, 0.3) is 6.08 Å². The molecule has 0 radical (unpaired) electrons. The lowest BCUT2D eigenvalue weighted by molar-refractivity contribution is -0.136. The second-order valence-electron chi connectivity index (χ2n) is 8.13. The third-order valence-corrected chi connectivity index (χ3v) is 5.46. The van der Waals surface area contributed by atoms with Gasteiger partial charge in [0.1, 0.15) is 6.61 Å². The highest BCUT2D eigenvalue weighted by Crippen LogP contribution is 2.27. The minimum atomic E-state index is -0.0304. The summed E-state index contributed by atoms with van der Waals surface area (Å²) < 4.78 is 16.5. The molecule has 34 heavy (non-hydrogen) atoms. The number of methoxy groups -OCH3 is 2. The van der Waals surface area contributed by atoms with Crippen molar-refractivity contribution in [2.45, 2.75) is 20.0 Å². The standard InChI is InChI=1S/C29H33NO4/c1-23(18-24-10-6-4-7-11-24)20-30(29(31)22-34-21-26-12-8-5-9-13-26)17-16-25-14-15-27(32-2)28(19-25)33-3/h4-15,18-19H,16-17,20-22H2,1-3H3. The molecule has 5 nitrogen and oxygen atoms in total. The topological polar surface area (TPSA) is 48.0 Å². The first kappa shape index (κ1) is 25.1. The van der Waals surface area contributed by atoms with E-state index in [1.54, 1.807) is 14.2 Å². The Morgan fingerprint density at radius 1 is 0.853 bits per heavy atom. The van der Waals surface area contributed by atoms with Gasteiger partial charge < -0.3 is 19.1 Å². The number of nitrogens with zero attached hydrogens (tertiary/aromatic N) is 1. The van der Waals surface area contributed by atoms with Gasteiger partial charge in [0.25, 0.3) is 0 Å². The molecule has 0 aliphatic heterocycles. The van der Waals surface area contributed by atoms with E-state index < -0.39 is 0 Å². The zero-order chi connectivity index (χ0) is 24.2. The first-order valence-electron chi connectivity index (χ1n) is 11.4. The Labute approximate surface area is 202 Å². The zero-order valence-corrected chi connectivity index (χ0v) is 20.2. The molecule has 3 rings (SSSR count). The van der Waals surface area contributed by atoms with Gasteiger partial charge in [0.15, 0.2) is 11.5 Å². The van der Waals surface area contributed by atoms with Gasteiger partial charge in [-0.05, 0) is 42.2 Å². The molecule has 0 bridgehead atoms. The van der Waals surface area contributed by atoms with Crippen LogP contribution in [-0.4, -0.2) is 44.7 Å². The van der Waals surface area contributed by atoms with Crippen molar-refractivity contribution in [1.29, 1.82) is 0 Å². The maximum atomic E-state index is 13.1. The van der Waals surface area contributed by atoms with E-state index in [1.165, 1.54) is 0 Å². The minimum Gasteiger partial charge on any atom is -0.493 e. The summed E-state index contributed by atoms with van der Waals surface area (Å²) in [6.45, 7) is 3.61. The fourth-order valence-electron chi connectivity index (χ4n) is 3.69. The van der Waals surface area contributed by atoms with E-state index in [0.29, 0.717) is 37.6 Å². The predicted molar refractivity (Wildman–Crippen MR) is 136 cm³/mol. The first-order chi connectivity index (χ1) is 16.6. The molecule has 3 aromatic rings. The molecule has 0 aliphatic carbocycles. The molecule has 0 aromatic heterocycles. The van der Waals surface area contributed by atoms with Gasteiger partial charge in [0, 0.05) is 13.1 Å². The van der Waals surface area contributed by atoms with Crippen LogP contribution in [0.2, 0.25) is 0 Å². The fraction of sp³-hybridized carbons (Fsp3) is 0.276. The summed E-state index contributed by atoms with van der Waals surface area (Å²) in [6, 6.07) is 25.9. The predicted octanol–water partition coefficient (Wildman–Crippen LogP) is 5.40. The van der Waals surface area contributed by atoms with Crippen molar-refractivity contribution in [2.75, 3.05) is 33.9 Å². The van der Waals surface area contributed by atoms with E-state index in [-0.39, 0.29) is 12.5 Å². The molecule has 0 saturated carbocycles. The number of benzene rings is 3. The SMILES string of the molecule is COc1ccc(CCN(CC(C)=Cc2ccccc2)C(=O)COCc2ccccc2)cc1OC. The molecular weight excluding hydrogens is 426 g/mol. The molecule has 0 fully saturated rings. The van der Waals surface area contributed by atoms with Gasteiger partial charge in [-0.3, -0.25) is 4.79 Å². The van der Waals surface area contributed by atoms with Crippen LogP contribution >= 0.6 is 0 Å². The molecule has 0 spiro atoms. The number of rotatable bonds is 12. The van der Waals surface area contributed by atoms with Gasteiger partial charge in [-0.2, -0.15) is 0 Å². The van der Waals surface area contributed by atoms with Crippen molar-refractivity contribution in [1.82, 2.24) is 4.90 Å². The third kappa shape index (κ3) is 7.78. The highest BCUT2D eigenvalue weighted by molar-refractivity contribution is 5.78. The van der Waals surface area contributed by atoms with Crippen LogP contribution < -0.4 is 9.47 Å². The summed E-state index contributed by atoms with van der Waals surface area (Å²) in [5.74, 6) is 1.34. The number of hydrogen-bond donors (Lipinski definition) is 0. The Balaban J connectivity index is 1.67. The van der Waals surface area contributed by atoms with E-state index in [2.05, 4.69) is 25.1 Å². The Hall–Kier alpha value is -3.57. The lowest BCUT2D eigenvalue weighted by Gasteiger charge is -2.24. The first-order valence-corrected chi connectivity index (χ1v) is 11.4. The zero-order valence-electron chi connectivity index (χ0n) is 20.2. The molecular formula is C29H33NO4. The van der Waals surface area contributed by atoms with Crippen LogP contribution in [0.4, 0.5) is 0 Å². The quantitative estimate of drug-likeness (QED) is 0.364. The molecule has 3 aromatic carbocycles. The monoisotopic (exact) mass is 459 g/mol. The Morgan fingerprint density at radius 3 is 2.21 bits per heavy atom. The van der Waals surface area contributed by atoms with Crippen LogP contribution in [-0.2, 0) is 22.6 Å². The van der Waals surface area contributed by atoms with Crippen LogP contribution in [0.3, 0.4) is 0 Å². The summed E-state index contributed by atoms with van der Waals surface area (Å²) in [6.07, 6.45) is 2.81. The molecule has 178 valence electrons. The second-order valence-corrected chi connectivity index (χ2v) is 8.13. The van der Waals surface area contributed by atoms with Crippen LogP contribution in [0, 0.1) is 0 Å². The van der Waals surface area contributed by atoms with E-state index in [0.717, 1.165) is 22.3 Å². The maximum absolute atomic E-state index is 13.1. The Bertz CT molecular complexity index is 1060. The van der Waals surface area contributed by atoms with Crippen molar-refractivity contribution < 1.29 is 19.0 Å². The third-order valence-electron chi connectivity index (χ3n) is 5.46. The highest BCUT2D eigenvalue weighted by Gasteiger charge is 2.15. The number of carbonyl (C=O) groups excluding carboxylic acids is 1. The fourth-order valence-corrected chi connectivity index (χ4v) is 3.69. The number of hydrogen-bond acceptors (Lipinski definition) is 4. The summed E-state index contributed by atoms with van der Waals surface area (Å²) in [5, 5.41) is 0.